The van der Waals surface area contributed by atoms with E-state index in [1.807, 2.05) is 12.4 Å². The van der Waals surface area contributed by atoms with Gasteiger partial charge in [-0.05, 0) is 26.7 Å². The number of imidazole rings is 1. The third-order valence-corrected chi connectivity index (χ3v) is 3.32. The Morgan fingerprint density at radius 3 is 3.17 bits per heavy atom. The van der Waals surface area contributed by atoms with Gasteiger partial charge in [-0.25, -0.2) is 4.98 Å². The van der Waals surface area contributed by atoms with Crippen molar-refractivity contribution in [3.8, 4) is 0 Å². The van der Waals surface area contributed by atoms with E-state index in [-0.39, 0.29) is 5.60 Å². The van der Waals surface area contributed by atoms with Crippen LogP contribution >= 0.6 is 0 Å². The summed E-state index contributed by atoms with van der Waals surface area (Å²) in [5.41, 5.74) is -0.0447. The van der Waals surface area contributed by atoms with E-state index >= 15 is 0 Å². The van der Waals surface area contributed by atoms with Gasteiger partial charge in [-0.3, -0.25) is 0 Å². The third-order valence-electron chi connectivity index (χ3n) is 3.32. The Morgan fingerprint density at radius 1 is 1.61 bits per heavy atom. The van der Waals surface area contributed by atoms with Crippen LogP contribution < -0.4 is 5.32 Å². The van der Waals surface area contributed by atoms with Crippen LogP contribution in [0.15, 0.2) is 12.4 Å². The van der Waals surface area contributed by atoms with Gasteiger partial charge in [0.25, 0.3) is 0 Å². The topological polar surface area (TPSA) is 48.3 Å². The van der Waals surface area contributed by atoms with Crippen LogP contribution in [0, 0.1) is 0 Å². The van der Waals surface area contributed by atoms with Gasteiger partial charge in [0.2, 0.25) is 5.95 Å². The van der Waals surface area contributed by atoms with Gasteiger partial charge in [-0.2, -0.15) is 0 Å². The molecule has 0 aliphatic carbocycles. The minimum absolute atomic E-state index is 0.0447. The van der Waals surface area contributed by atoms with E-state index in [2.05, 4.69) is 28.7 Å². The summed E-state index contributed by atoms with van der Waals surface area (Å²) in [6, 6.07) is 0.460. The fourth-order valence-corrected chi connectivity index (χ4v) is 2.45. The molecule has 1 aliphatic heterocycles. The largest absolute Gasteiger partial charge is 0.383 e. The molecule has 1 atom stereocenters. The summed E-state index contributed by atoms with van der Waals surface area (Å²) in [5.74, 6) is 0.926. The van der Waals surface area contributed by atoms with E-state index in [0.29, 0.717) is 12.6 Å². The Labute approximate surface area is 108 Å². The predicted molar refractivity (Wildman–Crippen MR) is 70.9 cm³/mol. The molecule has 1 aromatic rings. The molecule has 0 bridgehead atoms. The fourth-order valence-electron chi connectivity index (χ4n) is 2.45. The number of methoxy groups -OCH3 is 1. The van der Waals surface area contributed by atoms with Gasteiger partial charge >= 0.3 is 0 Å². The van der Waals surface area contributed by atoms with Crippen molar-refractivity contribution in [1.29, 1.82) is 0 Å². The Balaban J connectivity index is 2.01. The van der Waals surface area contributed by atoms with Crippen molar-refractivity contribution >= 4 is 5.95 Å². The molecule has 1 N–H and O–H groups in total. The smallest absolute Gasteiger partial charge is 0.203 e. The lowest BCUT2D eigenvalue weighted by atomic mass is 9.94. The molecule has 1 aromatic heterocycles. The lowest BCUT2D eigenvalue weighted by molar-refractivity contribution is -0.0688. The summed E-state index contributed by atoms with van der Waals surface area (Å²) in [4.78, 5) is 4.37. The van der Waals surface area contributed by atoms with Crippen LogP contribution in [0.1, 0.15) is 32.7 Å². The quantitative estimate of drug-likeness (QED) is 0.816. The average molecular weight is 253 g/mol. The van der Waals surface area contributed by atoms with Crippen molar-refractivity contribution in [3.05, 3.63) is 12.4 Å². The average Bonchev–Trinajstić information content (AvgIpc) is 2.76. The van der Waals surface area contributed by atoms with Crippen molar-refractivity contribution in [1.82, 2.24) is 9.55 Å². The molecular formula is C13H23N3O2. The lowest BCUT2D eigenvalue weighted by Gasteiger charge is -2.36. The van der Waals surface area contributed by atoms with E-state index in [0.717, 1.165) is 31.9 Å². The highest BCUT2D eigenvalue weighted by Crippen LogP contribution is 2.33. The van der Waals surface area contributed by atoms with Crippen LogP contribution in [-0.4, -0.2) is 42.0 Å². The summed E-state index contributed by atoms with van der Waals surface area (Å²) in [6.45, 7) is 6.57. The van der Waals surface area contributed by atoms with E-state index in [1.165, 1.54) is 0 Å². The first-order valence-corrected chi connectivity index (χ1v) is 6.52. The molecule has 102 valence electrons. The molecule has 1 aliphatic rings. The van der Waals surface area contributed by atoms with Crippen LogP contribution in [-0.2, 0) is 9.47 Å². The maximum Gasteiger partial charge on any atom is 0.203 e. The lowest BCUT2D eigenvalue weighted by Crippen LogP contribution is -2.35. The summed E-state index contributed by atoms with van der Waals surface area (Å²) < 4.78 is 13.0. The summed E-state index contributed by atoms with van der Waals surface area (Å²) in [7, 11) is 1.70. The summed E-state index contributed by atoms with van der Waals surface area (Å²) in [6.07, 6.45) is 5.94. The van der Waals surface area contributed by atoms with E-state index < -0.39 is 0 Å². The molecule has 1 fully saturated rings. The Bertz CT molecular complexity index is 376. The van der Waals surface area contributed by atoms with Gasteiger partial charge in [0.15, 0.2) is 0 Å². The minimum Gasteiger partial charge on any atom is -0.383 e. The normalized spacial score (nSPS) is 22.9. The van der Waals surface area contributed by atoms with Crippen molar-refractivity contribution in [3.63, 3.8) is 0 Å². The maximum absolute atomic E-state index is 5.76. The van der Waals surface area contributed by atoms with Gasteiger partial charge < -0.3 is 19.4 Å². The molecule has 1 unspecified atom stereocenters. The minimum atomic E-state index is -0.0447. The second kappa shape index (κ2) is 5.71. The number of nitrogens with zero attached hydrogens (tertiary/aromatic N) is 2. The molecule has 5 nitrogen and oxygen atoms in total. The highest BCUT2D eigenvalue weighted by atomic mass is 16.5. The first-order valence-electron chi connectivity index (χ1n) is 6.52. The number of ether oxygens (including phenoxy) is 2. The van der Waals surface area contributed by atoms with E-state index in [9.17, 15) is 0 Å². The third kappa shape index (κ3) is 3.23. The van der Waals surface area contributed by atoms with Crippen molar-refractivity contribution < 1.29 is 9.47 Å². The Morgan fingerprint density at radius 2 is 2.44 bits per heavy atom. The number of aromatic nitrogens is 2. The predicted octanol–water partition coefficient (Wildman–Crippen LogP) is 2.07. The van der Waals surface area contributed by atoms with E-state index in [1.54, 1.807) is 7.11 Å². The van der Waals surface area contributed by atoms with Crippen molar-refractivity contribution in [2.45, 2.75) is 38.3 Å². The van der Waals surface area contributed by atoms with Gasteiger partial charge in [0.1, 0.15) is 0 Å². The Hall–Kier alpha value is -1.07. The number of hydrogen-bond acceptors (Lipinski definition) is 4. The monoisotopic (exact) mass is 253 g/mol. The van der Waals surface area contributed by atoms with Crippen LogP contribution in [0.25, 0.3) is 0 Å². The van der Waals surface area contributed by atoms with Crippen LogP contribution in [0.5, 0.6) is 0 Å². The molecule has 2 rings (SSSR count). The highest BCUT2D eigenvalue weighted by molar-refractivity contribution is 5.26. The second-order valence-electron chi connectivity index (χ2n) is 5.33. The summed E-state index contributed by atoms with van der Waals surface area (Å²) >= 11 is 0. The van der Waals surface area contributed by atoms with E-state index in [4.69, 9.17) is 9.47 Å². The first kappa shape index (κ1) is 13.4. The molecular weight excluding hydrogens is 230 g/mol. The first-order chi connectivity index (χ1) is 8.62. The van der Waals surface area contributed by atoms with Crippen molar-refractivity contribution in [2.24, 2.45) is 0 Å². The maximum atomic E-state index is 5.76. The molecule has 0 radical (unpaired) electrons. The highest BCUT2D eigenvalue weighted by Gasteiger charge is 2.30. The molecule has 0 aromatic carbocycles. The Kier molecular flexibility index (Phi) is 4.24. The van der Waals surface area contributed by atoms with Gasteiger partial charge in [0.05, 0.1) is 12.2 Å². The fraction of sp³-hybridized carbons (Fsp3) is 0.769. The van der Waals surface area contributed by atoms with Crippen LogP contribution in [0.3, 0.4) is 0 Å². The van der Waals surface area contributed by atoms with Crippen molar-refractivity contribution in [2.75, 3.05) is 32.2 Å². The molecule has 0 spiro atoms. The van der Waals surface area contributed by atoms with Gasteiger partial charge in [-0.15, -0.1) is 0 Å². The zero-order valence-corrected chi connectivity index (χ0v) is 11.5. The number of hydrogen-bond donors (Lipinski definition) is 1. The molecule has 1 saturated heterocycles. The second-order valence-corrected chi connectivity index (χ2v) is 5.33. The molecule has 18 heavy (non-hydrogen) atoms. The summed E-state index contributed by atoms with van der Waals surface area (Å²) in [5, 5.41) is 3.30. The molecule has 2 heterocycles. The number of anilines is 1. The molecule has 0 amide bonds. The molecule has 5 heteroatoms. The van der Waals surface area contributed by atoms with Crippen LogP contribution in [0.2, 0.25) is 0 Å². The standard InChI is InChI=1S/C13H23N3O2/c1-13(2)10-11(4-8-18-13)16-7-5-14-12(16)15-6-9-17-3/h5,7,11H,4,6,8-10H2,1-3H3,(H,14,15). The number of nitrogens with one attached hydrogen (secondary N) is 1. The molecule has 0 saturated carbocycles. The zero-order chi connectivity index (χ0) is 13.0. The zero-order valence-electron chi connectivity index (χ0n) is 11.5. The number of rotatable bonds is 5. The van der Waals surface area contributed by atoms with Gasteiger partial charge in [0, 0.05) is 38.7 Å². The SMILES string of the molecule is COCCNc1nccn1C1CCOC(C)(C)C1. The van der Waals surface area contributed by atoms with Gasteiger partial charge in [-0.1, -0.05) is 0 Å². The van der Waals surface area contributed by atoms with Crippen LogP contribution in [0.4, 0.5) is 5.95 Å².